The van der Waals surface area contributed by atoms with Crippen LogP contribution in [0.4, 0.5) is 11.4 Å². The fourth-order valence-electron chi connectivity index (χ4n) is 4.28. The number of amides is 1. The molecule has 1 aromatic carbocycles. The average Bonchev–Trinajstić information content (AvgIpc) is 3.24. The fraction of sp³-hybridized carbons (Fsp3) is 0.619. The van der Waals surface area contributed by atoms with Crippen molar-refractivity contribution < 1.29 is 19.2 Å². The zero-order valence-electron chi connectivity index (χ0n) is 17.1. The van der Waals surface area contributed by atoms with Crippen molar-refractivity contribution in [3.8, 4) is 0 Å². The van der Waals surface area contributed by atoms with E-state index in [1.54, 1.807) is 6.07 Å². The minimum Gasteiger partial charge on any atom is -0.452 e. The van der Waals surface area contributed by atoms with Crippen molar-refractivity contribution in [3.05, 3.63) is 33.9 Å². The molecule has 1 N–H and O–H groups in total. The quantitative estimate of drug-likeness (QED) is 0.444. The van der Waals surface area contributed by atoms with Crippen LogP contribution in [0.5, 0.6) is 0 Å². The van der Waals surface area contributed by atoms with Gasteiger partial charge in [-0.2, -0.15) is 0 Å². The summed E-state index contributed by atoms with van der Waals surface area (Å²) < 4.78 is 5.23. The Bertz CT molecular complexity index is 776. The molecular formula is C21H29N3O5. The van der Waals surface area contributed by atoms with Crippen LogP contribution in [0.2, 0.25) is 0 Å². The highest BCUT2D eigenvalue weighted by atomic mass is 16.6. The molecule has 2 fully saturated rings. The molecule has 1 aliphatic heterocycles. The predicted octanol–water partition coefficient (Wildman–Crippen LogP) is 3.29. The molecule has 3 rings (SSSR count). The van der Waals surface area contributed by atoms with E-state index in [2.05, 4.69) is 19.2 Å². The molecule has 1 aliphatic carbocycles. The second kappa shape index (κ2) is 9.24. The van der Waals surface area contributed by atoms with Crippen LogP contribution in [-0.2, 0) is 9.53 Å². The summed E-state index contributed by atoms with van der Waals surface area (Å²) in [5.74, 6) is -0.125. The van der Waals surface area contributed by atoms with E-state index in [-0.39, 0.29) is 23.2 Å². The first kappa shape index (κ1) is 21.1. The van der Waals surface area contributed by atoms with Crippen molar-refractivity contribution in [2.45, 2.75) is 52.0 Å². The summed E-state index contributed by atoms with van der Waals surface area (Å²) in [6.07, 6.45) is 5.17. The molecule has 29 heavy (non-hydrogen) atoms. The van der Waals surface area contributed by atoms with Gasteiger partial charge in [-0.05, 0) is 37.2 Å². The number of anilines is 1. The molecule has 0 bridgehead atoms. The number of esters is 1. The van der Waals surface area contributed by atoms with Crippen LogP contribution < -0.4 is 10.2 Å². The van der Waals surface area contributed by atoms with E-state index in [1.165, 1.54) is 12.1 Å². The maximum absolute atomic E-state index is 12.7. The summed E-state index contributed by atoms with van der Waals surface area (Å²) in [5, 5.41) is 14.1. The summed E-state index contributed by atoms with van der Waals surface area (Å²) in [6.45, 7) is 5.50. The average molecular weight is 403 g/mol. The van der Waals surface area contributed by atoms with Crippen LogP contribution in [-0.4, -0.2) is 42.5 Å². The van der Waals surface area contributed by atoms with Crippen molar-refractivity contribution in [2.75, 3.05) is 24.6 Å². The van der Waals surface area contributed by atoms with Crippen molar-refractivity contribution in [2.24, 2.45) is 11.8 Å². The standard InChI is InChI=1S/C21H29N3O5/c1-14-6-5-7-18(15(14)2)22-20(25)13-29-21(26)17-12-16(24(27)28)8-9-19(17)23-10-3-4-11-23/h8-9,12,14-15,18H,3-7,10-11,13H2,1-2H3,(H,22,25)/t14-,15-,18+/m1/s1. The normalized spacial score (nSPS) is 24.2. The molecule has 0 unspecified atom stereocenters. The number of hydrogen-bond donors (Lipinski definition) is 1. The molecule has 0 aromatic heterocycles. The molecule has 1 heterocycles. The van der Waals surface area contributed by atoms with E-state index >= 15 is 0 Å². The number of hydrogen-bond acceptors (Lipinski definition) is 6. The Balaban J connectivity index is 1.65. The van der Waals surface area contributed by atoms with Crippen LogP contribution in [0.15, 0.2) is 18.2 Å². The number of nitro groups is 1. The van der Waals surface area contributed by atoms with Gasteiger partial charge in [0, 0.05) is 31.3 Å². The van der Waals surface area contributed by atoms with Crippen LogP contribution in [0.3, 0.4) is 0 Å². The smallest absolute Gasteiger partial charge is 0.341 e. The molecule has 1 amide bonds. The number of nitrogens with zero attached hydrogens (tertiary/aromatic N) is 2. The summed E-state index contributed by atoms with van der Waals surface area (Å²) in [7, 11) is 0. The van der Waals surface area contributed by atoms with E-state index in [9.17, 15) is 19.7 Å². The van der Waals surface area contributed by atoms with Gasteiger partial charge in [-0.15, -0.1) is 0 Å². The van der Waals surface area contributed by atoms with Crippen molar-refractivity contribution in [3.63, 3.8) is 0 Å². The summed E-state index contributed by atoms with van der Waals surface area (Å²) in [6, 6.07) is 4.30. The third-order valence-electron chi connectivity index (χ3n) is 6.25. The molecule has 1 saturated carbocycles. The number of rotatable bonds is 6. The van der Waals surface area contributed by atoms with Crippen LogP contribution in [0, 0.1) is 22.0 Å². The van der Waals surface area contributed by atoms with Gasteiger partial charge < -0.3 is 15.0 Å². The molecule has 8 heteroatoms. The van der Waals surface area contributed by atoms with E-state index in [4.69, 9.17) is 4.74 Å². The topological polar surface area (TPSA) is 102 Å². The highest BCUT2D eigenvalue weighted by Crippen LogP contribution is 2.30. The van der Waals surface area contributed by atoms with Gasteiger partial charge in [0.05, 0.1) is 16.2 Å². The van der Waals surface area contributed by atoms with Gasteiger partial charge in [0.2, 0.25) is 0 Å². The summed E-state index contributed by atoms with van der Waals surface area (Å²) in [4.78, 5) is 37.6. The minimum absolute atomic E-state index is 0.0860. The zero-order chi connectivity index (χ0) is 21.0. The van der Waals surface area contributed by atoms with Crippen LogP contribution >= 0.6 is 0 Å². The largest absolute Gasteiger partial charge is 0.452 e. The molecule has 0 spiro atoms. The van der Waals surface area contributed by atoms with E-state index in [1.807, 2.05) is 4.90 Å². The number of benzene rings is 1. The van der Waals surface area contributed by atoms with Gasteiger partial charge in [0.1, 0.15) is 0 Å². The maximum Gasteiger partial charge on any atom is 0.341 e. The van der Waals surface area contributed by atoms with E-state index < -0.39 is 17.5 Å². The first-order valence-electron chi connectivity index (χ1n) is 10.4. The van der Waals surface area contributed by atoms with Crippen molar-refractivity contribution in [1.29, 1.82) is 0 Å². The zero-order valence-corrected chi connectivity index (χ0v) is 17.1. The molecule has 1 saturated heterocycles. The number of nitro benzene ring substituents is 1. The van der Waals surface area contributed by atoms with Crippen LogP contribution in [0.1, 0.15) is 56.3 Å². The lowest BCUT2D eigenvalue weighted by atomic mass is 9.78. The fourth-order valence-corrected chi connectivity index (χ4v) is 4.28. The minimum atomic E-state index is -0.712. The number of non-ortho nitro benzene ring substituents is 1. The van der Waals surface area contributed by atoms with Crippen LogP contribution in [0.25, 0.3) is 0 Å². The molecule has 158 valence electrons. The summed E-state index contributed by atoms with van der Waals surface area (Å²) >= 11 is 0. The van der Waals surface area contributed by atoms with Gasteiger partial charge in [0.15, 0.2) is 6.61 Å². The molecule has 2 aliphatic rings. The molecule has 8 nitrogen and oxygen atoms in total. The lowest BCUT2D eigenvalue weighted by Gasteiger charge is -2.34. The second-order valence-electron chi connectivity index (χ2n) is 8.17. The van der Waals surface area contributed by atoms with Gasteiger partial charge in [-0.3, -0.25) is 14.9 Å². The Morgan fingerprint density at radius 2 is 1.93 bits per heavy atom. The Morgan fingerprint density at radius 3 is 2.62 bits per heavy atom. The molecule has 3 atom stereocenters. The monoisotopic (exact) mass is 403 g/mol. The lowest BCUT2D eigenvalue weighted by Crippen LogP contribution is -2.45. The Labute approximate surface area is 170 Å². The maximum atomic E-state index is 12.7. The number of carbonyl (C=O) groups is 2. The van der Waals surface area contributed by atoms with Gasteiger partial charge in [-0.25, -0.2) is 4.79 Å². The van der Waals surface area contributed by atoms with Crippen molar-refractivity contribution >= 4 is 23.3 Å². The number of ether oxygens (including phenoxy) is 1. The SMILES string of the molecule is C[C@@H]1[C@H](C)CCC[C@@H]1NC(=O)COC(=O)c1cc([N+](=O)[O-])ccc1N1CCCC1. The van der Waals surface area contributed by atoms with Gasteiger partial charge in [0.25, 0.3) is 11.6 Å². The highest BCUT2D eigenvalue weighted by molar-refractivity contribution is 5.97. The highest BCUT2D eigenvalue weighted by Gasteiger charge is 2.29. The number of carbonyl (C=O) groups excluding carboxylic acids is 2. The molecular weight excluding hydrogens is 374 g/mol. The van der Waals surface area contributed by atoms with Gasteiger partial charge in [-0.1, -0.05) is 26.7 Å². The molecule has 1 aromatic rings. The first-order valence-corrected chi connectivity index (χ1v) is 10.4. The Kier molecular flexibility index (Phi) is 6.71. The third-order valence-corrected chi connectivity index (χ3v) is 6.25. The van der Waals surface area contributed by atoms with Crippen molar-refractivity contribution in [1.82, 2.24) is 5.32 Å². The lowest BCUT2D eigenvalue weighted by molar-refractivity contribution is -0.384. The Hall–Kier alpha value is -2.64. The predicted molar refractivity (Wildman–Crippen MR) is 109 cm³/mol. The van der Waals surface area contributed by atoms with E-state index in [0.29, 0.717) is 17.5 Å². The molecule has 0 radical (unpaired) electrons. The van der Waals surface area contributed by atoms with E-state index in [0.717, 1.165) is 45.2 Å². The first-order chi connectivity index (χ1) is 13.9. The third kappa shape index (κ3) is 5.05. The van der Waals surface area contributed by atoms with Gasteiger partial charge >= 0.3 is 5.97 Å². The summed E-state index contributed by atoms with van der Waals surface area (Å²) in [5.41, 5.74) is 0.580. The number of nitrogens with one attached hydrogen (secondary N) is 1. The second-order valence-corrected chi connectivity index (χ2v) is 8.17. The Morgan fingerprint density at radius 1 is 1.21 bits per heavy atom.